The van der Waals surface area contributed by atoms with Gasteiger partial charge in [-0.3, -0.25) is 9.59 Å². The second kappa shape index (κ2) is 12.3. The molecule has 8 nitrogen and oxygen atoms in total. The number of fused-ring (bicyclic) bond motifs is 3. The molecule has 0 aliphatic carbocycles. The first-order valence-electron chi connectivity index (χ1n) is 13.4. The molecule has 1 fully saturated rings. The normalized spacial score (nSPS) is 20.8. The molecule has 2 N–H and O–H groups in total. The monoisotopic (exact) mass is 509 g/mol. The van der Waals surface area contributed by atoms with Gasteiger partial charge in [0.1, 0.15) is 25.4 Å². The minimum atomic E-state index is -0.679. The second-order valence-electron chi connectivity index (χ2n) is 10.2. The molecule has 4 rings (SSSR count). The third kappa shape index (κ3) is 6.35. The summed E-state index contributed by atoms with van der Waals surface area (Å²) in [4.78, 5) is 31.7. The fourth-order valence-corrected chi connectivity index (χ4v) is 5.41. The quantitative estimate of drug-likeness (QED) is 0.443. The molecule has 0 saturated carbocycles. The van der Waals surface area contributed by atoms with Crippen LogP contribution in [0, 0.1) is 11.8 Å². The summed E-state index contributed by atoms with van der Waals surface area (Å²) in [6, 6.07) is 4.95. The number of primary amides is 1. The Morgan fingerprint density at radius 3 is 2.81 bits per heavy atom. The van der Waals surface area contributed by atoms with Crippen molar-refractivity contribution in [2.24, 2.45) is 17.6 Å². The molecule has 37 heavy (non-hydrogen) atoms. The molecule has 2 aliphatic rings. The van der Waals surface area contributed by atoms with Gasteiger partial charge in [-0.25, -0.2) is 4.98 Å². The van der Waals surface area contributed by atoms with Gasteiger partial charge in [-0.15, -0.1) is 0 Å². The molecule has 8 heteroatoms. The van der Waals surface area contributed by atoms with Gasteiger partial charge in [0.05, 0.1) is 6.54 Å². The highest BCUT2D eigenvalue weighted by atomic mass is 16.6. The number of carbonyl (C=O) groups excluding carboxylic acids is 2. The lowest BCUT2D eigenvalue weighted by Gasteiger charge is -2.25. The Kier molecular flexibility index (Phi) is 8.90. The number of hydrogen-bond acceptors (Lipinski definition) is 6. The van der Waals surface area contributed by atoms with Gasteiger partial charge < -0.3 is 24.8 Å². The van der Waals surface area contributed by atoms with Crippen LogP contribution in [0.5, 0.6) is 17.4 Å². The van der Waals surface area contributed by atoms with Crippen LogP contribution in [0.4, 0.5) is 0 Å². The van der Waals surface area contributed by atoms with Crippen LogP contribution in [-0.2, 0) is 9.59 Å². The molecule has 1 unspecified atom stereocenters. The van der Waals surface area contributed by atoms with Crippen LogP contribution < -0.4 is 19.9 Å². The molecule has 2 aliphatic heterocycles. The number of allylic oxidation sites excluding steroid dienone is 2. The minimum absolute atomic E-state index is 0.0344. The van der Waals surface area contributed by atoms with Crippen molar-refractivity contribution < 1.29 is 23.8 Å². The average molecular weight is 510 g/mol. The molecule has 2 aromatic rings. The standard InChI is InChI=1S/C29H39N3O5/c1-4-6-7-8-19(3)15-20(5-2)16-26(33)32-18-21(17-24(32)28(30)34)37-29-23-9-10-25-27(36-14-13-35-25)22(23)11-12-31-29/h4,6,9-12,19-21,24H,5,7-8,13-18H2,1-3H3,(H2,30,34)/b6-4-/t19-,20-,21?,24+/m1/s1. The number of nitrogens with two attached hydrogens (primary N) is 1. The molecule has 3 heterocycles. The van der Waals surface area contributed by atoms with Gasteiger partial charge in [-0.1, -0.05) is 32.4 Å². The molecular weight excluding hydrogens is 470 g/mol. The van der Waals surface area contributed by atoms with Crippen molar-refractivity contribution in [1.29, 1.82) is 0 Å². The molecule has 200 valence electrons. The number of likely N-dealkylation sites (tertiary alicyclic amines) is 1. The minimum Gasteiger partial charge on any atom is -0.486 e. The van der Waals surface area contributed by atoms with Crippen LogP contribution in [0.1, 0.15) is 59.3 Å². The summed E-state index contributed by atoms with van der Waals surface area (Å²) in [5, 5.41) is 1.65. The van der Waals surface area contributed by atoms with E-state index in [0.717, 1.165) is 36.5 Å². The maximum absolute atomic E-state index is 13.3. The highest BCUT2D eigenvalue weighted by Crippen LogP contribution is 2.40. The van der Waals surface area contributed by atoms with E-state index in [1.54, 1.807) is 11.1 Å². The fourth-order valence-electron chi connectivity index (χ4n) is 5.41. The van der Waals surface area contributed by atoms with Crippen molar-refractivity contribution in [3.05, 3.63) is 36.5 Å². The Bertz CT molecular complexity index is 1130. The number of nitrogens with zero attached hydrogens (tertiary/aromatic N) is 2. The average Bonchev–Trinajstić information content (AvgIpc) is 3.33. The van der Waals surface area contributed by atoms with Crippen LogP contribution in [0.25, 0.3) is 10.8 Å². The first-order valence-corrected chi connectivity index (χ1v) is 13.4. The first-order chi connectivity index (χ1) is 17.9. The van der Waals surface area contributed by atoms with Gasteiger partial charge in [0, 0.05) is 29.8 Å². The molecule has 1 saturated heterocycles. The lowest BCUT2D eigenvalue weighted by atomic mass is 9.88. The first kappa shape index (κ1) is 26.8. The van der Waals surface area contributed by atoms with Crippen LogP contribution in [-0.4, -0.2) is 53.6 Å². The lowest BCUT2D eigenvalue weighted by Crippen LogP contribution is -2.44. The lowest BCUT2D eigenvalue weighted by molar-refractivity contribution is -0.138. The van der Waals surface area contributed by atoms with Crippen LogP contribution in [0.3, 0.4) is 0 Å². The van der Waals surface area contributed by atoms with E-state index in [1.165, 1.54) is 0 Å². The van der Waals surface area contributed by atoms with E-state index >= 15 is 0 Å². The van der Waals surface area contributed by atoms with Crippen molar-refractivity contribution in [3.8, 4) is 17.4 Å². The summed E-state index contributed by atoms with van der Waals surface area (Å²) < 4.78 is 17.8. The summed E-state index contributed by atoms with van der Waals surface area (Å²) in [5.74, 6) is 2.09. The predicted octanol–water partition coefficient (Wildman–Crippen LogP) is 4.64. The van der Waals surface area contributed by atoms with E-state index in [2.05, 4.69) is 31.0 Å². The van der Waals surface area contributed by atoms with Crippen molar-refractivity contribution >= 4 is 22.6 Å². The van der Waals surface area contributed by atoms with Gasteiger partial charge in [0.2, 0.25) is 17.7 Å². The third-order valence-corrected chi connectivity index (χ3v) is 7.44. The largest absolute Gasteiger partial charge is 0.486 e. The number of carbonyl (C=O) groups is 2. The predicted molar refractivity (Wildman–Crippen MR) is 143 cm³/mol. The number of hydrogen-bond donors (Lipinski definition) is 1. The molecule has 0 spiro atoms. The number of pyridine rings is 1. The van der Waals surface area contributed by atoms with Crippen molar-refractivity contribution in [1.82, 2.24) is 9.88 Å². The van der Waals surface area contributed by atoms with Crippen LogP contribution in [0.2, 0.25) is 0 Å². The summed E-state index contributed by atoms with van der Waals surface area (Å²) in [7, 11) is 0. The van der Waals surface area contributed by atoms with E-state index in [1.807, 2.05) is 25.1 Å². The molecule has 2 amide bonds. The van der Waals surface area contributed by atoms with Gasteiger partial charge in [-0.2, -0.15) is 0 Å². The number of amides is 2. The molecular formula is C29H39N3O5. The van der Waals surface area contributed by atoms with E-state index in [4.69, 9.17) is 19.9 Å². The zero-order chi connectivity index (χ0) is 26.4. The zero-order valence-electron chi connectivity index (χ0n) is 22.2. The van der Waals surface area contributed by atoms with Gasteiger partial charge in [0.25, 0.3) is 0 Å². The number of benzene rings is 1. The second-order valence-corrected chi connectivity index (χ2v) is 10.2. The van der Waals surface area contributed by atoms with Gasteiger partial charge in [-0.05, 0) is 56.2 Å². The third-order valence-electron chi connectivity index (χ3n) is 7.44. The Hall–Kier alpha value is -3.29. The van der Waals surface area contributed by atoms with Gasteiger partial charge >= 0.3 is 0 Å². The maximum Gasteiger partial charge on any atom is 0.240 e. The van der Waals surface area contributed by atoms with Crippen molar-refractivity contribution in [2.75, 3.05) is 19.8 Å². The topological polar surface area (TPSA) is 104 Å². The summed E-state index contributed by atoms with van der Waals surface area (Å²) >= 11 is 0. The highest BCUT2D eigenvalue weighted by molar-refractivity contribution is 5.94. The van der Waals surface area contributed by atoms with E-state index in [-0.39, 0.29) is 17.9 Å². The highest BCUT2D eigenvalue weighted by Gasteiger charge is 2.40. The number of ether oxygens (including phenoxy) is 3. The molecule has 1 aromatic carbocycles. The van der Waals surface area contributed by atoms with E-state index < -0.39 is 11.9 Å². The smallest absolute Gasteiger partial charge is 0.240 e. The van der Waals surface area contributed by atoms with E-state index in [9.17, 15) is 9.59 Å². The summed E-state index contributed by atoms with van der Waals surface area (Å²) in [5.41, 5.74) is 5.72. The molecule has 4 atom stereocenters. The van der Waals surface area contributed by atoms with Crippen molar-refractivity contribution in [3.63, 3.8) is 0 Å². The summed E-state index contributed by atoms with van der Waals surface area (Å²) in [6.07, 6.45) is 10.4. The molecule has 0 bridgehead atoms. The number of rotatable bonds is 11. The SMILES string of the molecule is C/C=C\CC[C@@H](C)C[C@@H](CC)CC(=O)N1CC(Oc2nccc3c4c(ccc23)OCCO4)C[C@H]1C(N)=O. The summed E-state index contributed by atoms with van der Waals surface area (Å²) in [6.45, 7) is 7.71. The van der Waals surface area contributed by atoms with E-state index in [0.29, 0.717) is 55.9 Å². The fraction of sp³-hybridized carbons (Fsp3) is 0.552. The zero-order valence-corrected chi connectivity index (χ0v) is 22.2. The molecule has 0 radical (unpaired) electrons. The Balaban J connectivity index is 1.44. The van der Waals surface area contributed by atoms with Crippen LogP contribution >= 0.6 is 0 Å². The van der Waals surface area contributed by atoms with Gasteiger partial charge in [0.15, 0.2) is 11.5 Å². The molecule has 1 aromatic heterocycles. The number of aromatic nitrogens is 1. The Morgan fingerprint density at radius 2 is 2.05 bits per heavy atom. The maximum atomic E-state index is 13.3. The van der Waals surface area contributed by atoms with Crippen molar-refractivity contribution in [2.45, 2.75) is 71.4 Å². The van der Waals surface area contributed by atoms with Crippen LogP contribution in [0.15, 0.2) is 36.5 Å². The Labute approximate surface area is 219 Å². The Morgan fingerprint density at radius 1 is 1.24 bits per heavy atom.